The largest absolute Gasteiger partial charge is 0.390 e. The molecule has 3 aromatic rings. The molecule has 3 aromatic carbocycles. The van der Waals surface area contributed by atoms with Crippen molar-refractivity contribution in [1.82, 2.24) is 14.9 Å². The lowest BCUT2D eigenvalue weighted by molar-refractivity contribution is 0.0829. The van der Waals surface area contributed by atoms with E-state index in [2.05, 4.69) is 23.6 Å². The van der Waals surface area contributed by atoms with Crippen molar-refractivity contribution >= 4 is 27.7 Å². The first-order chi connectivity index (χ1) is 19.2. The molecule has 1 fully saturated rings. The van der Waals surface area contributed by atoms with E-state index in [9.17, 15) is 27.1 Å². The predicted molar refractivity (Wildman–Crippen MR) is 153 cm³/mol. The van der Waals surface area contributed by atoms with Crippen LogP contribution in [-0.4, -0.2) is 60.6 Å². The van der Waals surface area contributed by atoms with Crippen LogP contribution in [-0.2, 0) is 29.4 Å². The molecule has 0 radical (unpaired) electrons. The van der Waals surface area contributed by atoms with Gasteiger partial charge in [-0.3, -0.25) is 4.79 Å². The van der Waals surface area contributed by atoms with Crippen LogP contribution in [0, 0.1) is 11.6 Å². The number of carbonyl (C=O) groups is 1. The van der Waals surface area contributed by atoms with Crippen molar-refractivity contribution in [2.24, 2.45) is 0 Å². The molecule has 1 aliphatic heterocycles. The summed E-state index contributed by atoms with van der Waals surface area (Å²) in [5.41, 5.74) is 2.71. The molecule has 1 saturated heterocycles. The van der Waals surface area contributed by atoms with Gasteiger partial charge in [0.15, 0.2) is 0 Å². The topological polar surface area (TPSA) is 98.7 Å². The van der Waals surface area contributed by atoms with Crippen LogP contribution < -0.4 is 10.6 Å². The lowest BCUT2D eigenvalue weighted by atomic mass is 10.00. The number of halogens is 2. The quantitative estimate of drug-likeness (QED) is 0.298. The van der Waals surface area contributed by atoms with Gasteiger partial charge in [0.25, 0.3) is 5.91 Å². The van der Waals surface area contributed by atoms with Gasteiger partial charge in [-0.2, -0.15) is 4.31 Å². The number of aryl methyl sites for hydroxylation is 1. The molecule has 214 valence electrons. The zero-order valence-corrected chi connectivity index (χ0v) is 23.8. The normalized spacial score (nSPS) is 15.6. The van der Waals surface area contributed by atoms with Crippen LogP contribution in [0.5, 0.6) is 0 Å². The predicted octanol–water partition coefficient (Wildman–Crippen LogP) is 3.71. The number of thioether (sulfide) groups is 1. The fourth-order valence-electron chi connectivity index (χ4n) is 4.50. The fraction of sp³-hybridized carbons (Fsp3) is 0.345. The Morgan fingerprint density at radius 1 is 1.02 bits per heavy atom. The molecule has 0 saturated carbocycles. The maximum atomic E-state index is 13.8. The molecule has 40 heavy (non-hydrogen) atoms. The summed E-state index contributed by atoms with van der Waals surface area (Å²) in [7, 11) is -3.64. The number of hydrogen-bond acceptors (Lipinski definition) is 6. The van der Waals surface area contributed by atoms with E-state index in [1.807, 2.05) is 18.2 Å². The van der Waals surface area contributed by atoms with E-state index in [4.69, 9.17) is 0 Å². The molecule has 7 nitrogen and oxygen atoms in total. The Balaban J connectivity index is 1.46. The Hall–Kier alpha value is -2.83. The van der Waals surface area contributed by atoms with Crippen LogP contribution in [0.15, 0.2) is 71.6 Å². The van der Waals surface area contributed by atoms with Crippen LogP contribution in [0.3, 0.4) is 0 Å². The van der Waals surface area contributed by atoms with Gasteiger partial charge < -0.3 is 15.7 Å². The van der Waals surface area contributed by atoms with Crippen LogP contribution in [0.2, 0.25) is 0 Å². The summed E-state index contributed by atoms with van der Waals surface area (Å²) < 4.78 is 54.7. The van der Waals surface area contributed by atoms with Crippen molar-refractivity contribution in [1.29, 1.82) is 0 Å². The summed E-state index contributed by atoms with van der Waals surface area (Å²) in [4.78, 5) is 13.2. The first kappa shape index (κ1) is 30.1. The SMILES string of the molecule is CCc1cccc(CNC[C@H](O)[C@H](Cc2cc(F)cc(F)c2)NC(=O)c2ccc(S(=O)(=O)N3CCSC3)cc2)c1. The molecule has 0 aliphatic carbocycles. The van der Waals surface area contributed by atoms with E-state index < -0.39 is 39.7 Å². The van der Waals surface area contributed by atoms with Gasteiger partial charge in [-0.25, -0.2) is 17.2 Å². The summed E-state index contributed by atoms with van der Waals surface area (Å²) >= 11 is 1.54. The van der Waals surface area contributed by atoms with Gasteiger partial charge in [-0.1, -0.05) is 31.2 Å². The van der Waals surface area contributed by atoms with Crippen molar-refractivity contribution in [3.63, 3.8) is 0 Å². The van der Waals surface area contributed by atoms with Crippen LogP contribution in [0.1, 0.15) is 34.0 Å². The van der Waals surface area contributed by atoms with E-state index in [0.717, 1.165) is 35.9 Å². The van der Waals surface area contributed by atoms with E-state index >= 15 is 0 Å². The zero-order chi connectivity index (χ0) is 28.7. The molecule has 2 atom stereocenters. The number of aliphatic hydroxyl groups excluding tert-OH is 1. The van der Waals surface area contributed by atoms with Gasteiger partial charge in [-0.15, -0.1) is 11.8 Å². The Kier molecular flexibility index (Phi) is 10.3. The first-order valence-corrected chi connectivity index (χ1v) is 15.7. The van der Waals surface area contributed by atoms with Gasteiger partial charge in [0.1, 0.15) is 11.6 Å². The van der Waals surface area contributed by atoms with Crippen molar-refractivity contribution < 1.29 is 27.1 Å². The highest BCUT2D eigenvalue weighted by atomic mass is 32.2. The van der Waals surface area contributed by atoms with Crippen LogP contribution in [0.25, 0.3) is 0 Å². The third-order valence-electron chi connectivity index (χ3n) is 6.72. The van der Waals surface area contributed by atoms with Crippen molar-refractivity contribution in [3.05, 3.63) is 101 Å². The molecule has 11 heteroatoms. The summed E-state index contributed by atoms with van der Waals surface area (Å²) in [5, 5.41) is 17.0. The second kappa shape index (κ2) is 13.7. The highest BCUT2D eigenvalue weighted by Gasteiger charge is 2.28. The Labute approximate surface area is 238 Å². The molecule has 0 unspecified atom stereocenters. The number of nitrogens with one attached hydrogen (secondary N) is 2. The minimum Gasteiger partial charge on any atom is -0.390 e. The summed E-state index contributed by atoms with van der Waals surface area (Å²) in [6.45, 7) is 3.11. The Morgan fingerprint density at radius 2 is 1.73 bits per heavy atom. The average Bonchev–Trinajstić information content (AvgIpc) is 3.48. The molecular weight excluding hydrogens is 556 g/mol. The lowest BCUT2D eigenvalue weighted by Gasteiger charge is -2.25. The molecule has 0 bridgehead atoms. The third kappa shape index (κ3) is 7.88. The fourth-order valence-corrected chi connectivity index (χ4v) is 7.31. The Morgan fingerprint density at radius 3 is 2.38 bits per heavy atom. The molecule has 1 amide bonds. The van der Waals surface area contributed by atoms with E-state index in [-0.39, 0.29) is 29.0 Å². The molecule has 0 aromatic heterocycles. The van der Waals surface area contributed by atoms with Crippen molar-refractivity contribution in [2.45, 2.75) is 43.4 Å². The van der Waals surface area contributed by atoms with Gasteiger partial charge in [-0.05, 0) is 65.9 Å². The molecule has 4 rings (SSSR count). The first-order valence-electron chi connectivity index (χ1n) is 13.1. The number of rotatable bonds is 12. The zero-order valence-electron chi connectivity index (χ0n) is 22.1. The number of nitrogens with zero attached hydrogens (tertiary/aromatic N) is 1. The smallest absolute Gasteiger partial charge is 0.251 e. The number of aliphatic hydroxyl groups is 1. The molecule has 1 heterocycles. The highest BCUT2D eigenvalue weighted by Crippen LogP contribution is 2.23. The molecule has 1 aliphatic rings. The maximum absolute atomic E-state index is 13.8. The van der Waals surface area contributed by atoms with Crippen molar-refractivity contribution in [2.75, 3.05) is 24.7 Å². The maximum Gasteiger partial charge on any atom is 0.251 e. The number of hydrogen-bond donors (Lipinski definition) is 3. The highest BCUT2D eigenvalue weighted by molar-refractivity contribution is 8.00. The van der Waals surface area contributed by atoms with Crippen LogP contribution in [0.4, 0.5) is 8.78 Å². The van der Waals surface area contributed by atoms with Gasteiger partial charge in [0.05, 0.1) is 22.9 Å². The number of benzene rings is 3. The number of sulfonamides is 1. The molecule has 0 spiro atoms. The van der Waals surface area contributed by atoms with Gasteiger partial charge in [0, 0.05) is 37.0 Å². The third-order valence-corrected chi connectivity index (χ3v) is 9.70. The monoisotopic (exact) mass is 589 g/mol. The second-order valence-electron chi connectivity index (χ2n) is 9.68. The van der Waals surface area contributed by atoms with E-state index in [0.29, 0.717) is 19.0 Å². The summed E-state index contributed by atoms with van der Waals surface area (Å²) in [6.07, 6.45) is -0.205. The summed E-state index contributed by atoms with van der Waals surface area (Å²) in [6, 6.07) is 15.8. The second-order valence-corrected chi connectivity index (χ2v) is 12.7. The number of carbonyl (C=O) groups excluding carboxylic acids is 1. The standard InChI is InChI=1S/C29H33F2N3O4S2/c1-2-20-4-3-5-21(12-20)17-32-18-28(35)27(15-22-13-24(30)16-25(31)14-22)33-29(36)23-6-8-26(9-7-23)40(37,38)34-10-11-39-19-34/h3-9,12-14,16,27-28,32,35H,2,10-11,15,17-19H2,1H3,(H,33,36)/t27-,28-/m0/s1. The number of amides is 1. The minimum absolute atomic E-state index is 0.0202. The van der Waals surface area contributed by atoms with E-state index in [1.165, 1.54) is 45.9 Å². The molecule has 3 N–H and O–H groups in total. The lowest BCUT2D eigenvalue weighted by Crippen LogP contribution is -2.48. The van der Waals surface area contributed by atoms with Gasteiger partial charge >= 0.3 is 0 Å². The summed E-state index contributed by atoms with van der Waals surface area (Å²) in [5.74, 6) is -0.924. The van der Waals surface area contributed by atoms with Crippen molar-refractivity contribution in [3.8, 4) is 0 Å². The minimum atomic E-state index is -3.64. The average molecular weight is 590 g/mol. The van der Waals surface area contributed by atoms with Gasteiger partial charge in [0.2, 0.25) is 10.0 Å². The van der Waals surface area contributed by atoms with E-state index in [1.54, 1.807) is 0 Å². The Bertz CT molecular complexity index is 1390. The molecular formula is C29H33F2N3O4S2. The van der Waals surface area contributed by atoms with Crippen LogP contribution >= 0.6 is 11.8 Å².